The average Bonchev–Trinajstić information content (AvgIpc) is 2.55. The van der Waals surface area contributed by atoms with Crippen LogP contribution in [-0.4, -0.2) is 69.1 Å². The van der Waals surface area contributed by atoms with Crippen molar-refractivity contribution in [1.82, 2.24) is 9.97 Å². The molecular weight excluding hydrogens is 300 g/mol. The second kappa shape index (κ2) is 6.29. The highest BCUT2D eigenvalue weighted by Gasteiger charge is 2.40. The lowest BCUT2D eigenvalue weighted by Gasteiger charge is -2.36. The maximum atomic E-state index is 11.1. The van der Waals surface area contributed by atoms with Crippen molar-refractivity contribution in [2.45, 2.75) is 37.4 Å². The number of rotatable bonds is 3. The maximum absolute atomic E-state index is 11.1. The number of carboxylic acids is 1. The number of aliphatic hydroxyl groups excluding tert-OH is 1. The number of anilines is 2. The Hall–Kier alpha value is -1.93. The van der Waals surface area contributed by atoms with E-state index in [0.717, 1.165) is 25.2 Å². The highest BCUT2D eigenvalue weighted by atomic mass is 16.4. The average molecular weight is 322 g/mol. The van der Waals surface area contributed by atoms with Crippen LogP contribution < -0.4 is 9.80 Å². The number of aromatic nitrogens is 2. The molecule has 0 amide bonds. The fourth-order valence-corrected chi connectivity index (χ4v) is 3.12. The Kier molecular flexibility index (Phi) is 4.36. The van der Waals surface area contributed by atoms with Gasteiger partial charge in [-0.1, -0.05) is 0 Å². The van der Waals surface area contributed by atoms with Gasteiger partial charge in [0.2, 0.25) is 5.95 Å². The molecule has 0 bridgehead atoms. The summed E-state index contributed by atoms with van der Waals surface area (Å²) in [5.41, 5.74) is -1.65. The van der Waals surface area contributed by atoms with Crippen LogP contribution in [0.15, 0.2) is 12.3 Å². The van der Waals surface area contributed by atoms with Gasteiger partial charge >= 0.3 is 5.97 Å². The van der Waals surface area contributed by atoms with E-state index in [0.29, 0.717) is 25.6 Å². The van der Waals surface area contributed by atoms with Crippen molar-refractivity contribution in [2.75, 3.05) is 36.0 Å². The Morgan fingerprint density at radius 1 is 1.26 bits per heavy atom. The van der Waals surface area contributed by atoms with Gasteiger partial charge in [-0.2, -0.15) is 4.98 Å². The van der Waals surface area contributed by atoms with Crippen LogP contribution >= 0.6 is 0 Å². The van der Waals surface area contributed by atoms with E-state index in [-0.39, 0.29) is 18.9 Å². The number of β-amino-alcohol motifs (C(OH)–C–C–N with tert-alkyl or cyclic N) is 1. The van der Waals surface area contributed by atoms with E-state index in [1.54, 1.807) is 6.20 Å². The Balaban J connectivity index is 1.70. The molecule has 1 aromatic heterocycles. The smallest absolute Gasteiger partial charge is 0.335 e. The number of piperidine rings is 2. The van der Waals surface area contributed by atoms with Crippen LogP contribution in [0.4, 0.5) is 11.8 Å². The van der Waals surface area contributed by atoms with E-state index in [1.165, 1.54) is 0 Å². The summed E-state index contributed by atoms with van der Waals surface area (Å²) < 4.78 is 0. The van der Waals surface area contributed by atoms with Gasteiger partial charge in [-0.25, -0.2) is 9.78 Å². The van der Waals surface area contributed by atoms with E-state index < -0.39 is 11.6 Å². The lowest BCUT2D eigenvalue weighted by molar-refractivity contribution is -0.160. The van der Waals surface area contributed by atoms with E-state index in [2.05, 4.69) is 9.97 Å². The molecule has 23 heavy (non-hydrogen) atoms. The number of nitrogens with zero attached hydrogens (tertiary/aromatic N) is 4. The monoisotopic (exact) mass is 322 g/mol. The Bertz CT molecular complexity index is 574. The zero-order valence-electron chi connectivity index (χ0n) is 12.9. The van der Waals surface area contributed by atoms with Gasteiger partial charge in [0, 0.05) is 45.2 Å². The molecule has 2 aliphatic heterocycles. The van der Waals surface area contributed by atoms with Gasteiger partial charge in [0.1, 0.15) is 5.82 Å². The first-order valence-corrected chi connectivity index (χ1v) is 7.95. The first-order valence-electron chi connectivity index (χ1n) is 7.95. The van der Waals surface area contributed by atoms with Gasteiger partial charge in [0.25, 0.3) is 0 Å². The summed E-state index contributed by atoms with van der Waals surface area (Å²) in [7, 11) is 0. The number of carbonyl (C=O) groups is 1. The van der Waals surface area contributed by atoms with Gasteiger partial charge in [-0.05, 0) is 18.9 Å². The largest absolute Gasteiger partial charge is 0.479 e. The lowest BCUT2D eigenvalue weighted by Crippen LogP contribution is -2.49. The number of hydrogen-bond donors (Lipinski definition) is 3. The molecule has 0 saturated carbocycles. The maximum Gasteiger partial charge on any atom is 0.335 e. The van der Waals surface area contributed by atoms with E-state index in [1.807, 2.05) is 15.9 Å². The normalized spacial score (nSPS) is 24.5. The highest BCUT2D eigenvalue weighted by Crippen LogP contribution is 2.26. The Morgan fingerprint density at radius 3 is 2.65 bits per heavy atom. The lowest BCUT2D eigenvalue weighted by atomic mass is 9.92. The topological polar surface area (TPSA) is 110 Å². The number of aliphatic hydroxyl groups is 2. The molecule has 2 aliphatic rings. The number of hydrogen-bond acceptors (Lipinski definition) is 7. The first kappa shape index (κ1) is 15.9. The first-order chi connectivity index (χ1) is 11.0. The third kappa shape index (κ3) is 3.37. The van der Waals surface area contributed by atoms with Crippen LogP contribution in [0.2, 0.25) is 0 Å². The quantitative estimate of drug-likeness (QED) is 0.705. The van der Waals surface area contributed by atoms with Crippen molar-refractivity contribution < 1.29 is 20.1 Å². The molecule has 0 radical (unpaired) electrons. The van der Waals surface area contributed by atoms with Gasteiger partial charge in [0.15, 0.2) is 5.60 Å². The summed E-state index contributed by atoms with van der Waals surface area (Å²) in [5.74, 6) is 0.136. The molecule has 1 atom stereocenters. The number of carboxylic acid groups (broad SMARTS) is 1. The van der Waals surface area contributed by atoms with Crippen LogP contribution in [0.25, 0.3) is 0 Å². The predicted octanol–water partition coefficient (Wildman–Crippen LogP) is -0.146. The molecule has 0 aliphatic carbocycles. The molecule has 2 saturated heterocycles. The van der Waals surface area contributed by atoms with Crippen molar-refractivity contribution >= 4 is 17.7 Å². The number of aliphatic carboxylic acids is 1. The summed E-state index contributed by atoms with van der Waals surface area (Å²) in [5, 5.41) is 28.9. The molecule has 3 heterocycles. The molecule has 1 unspecified atom stereocenters. The summed E-state index contributed by atoms with van der Waals surface area (Å²) >= 11 is 0. The van der Waals surface area contributed by atoms with Crippen molar-refractivity contribution in [3.05, 3.63) is 12.3 Å². The second-order valence-corrected chi connectivity index (χ2v) is 6.28. The molecule has 2 fully saturated rings. The zero-order chi connectivity index (χ0) is 16.4. The van der Waals surface area contributed by atoms with Crippen LogP contribution in [0.5, 0.6) is 0 Å². The molecular formula is C15H22N4O4. The molecule has 3 N–H and O–H groups in total. The molecule has 0 aromatic carbocycles. The Labute approximate surface area is 134 Å². The van der Waals surface area contributed by atoms with E-state index in [9.17, 15) is 15.0 Å². The highest BCUT2D eigenvalue weighted by molar-refractivity contribution is 5.77. The predicted molar refractivity (Wildman–Crippen MR) is 83.5 cm³/mol. The second-order valence-electron chi connectivity index (χ2n) is 6.28. The minimum atomic E-state index is -1.65. The fraction of sp³-hybridized carbons (Fsp3) is 0.667. The molecule has 8 heteroatoms. The molecule has 0 spiro atoms. The molecule has 3 rings (SSSR count). The van der Waals surface area contributed by atoms with Gasteiger partial charge in [-0.3, -0.25) is 0 Å². The third-order valence-electron chi connectivity index (χ3n) is 4.62. The summed E-state index contributed by atoms with van der Waals surface area (Å²) in [4.78, 5) is 23.8. The van der Waals surface area contributed by atoms with Crippen LogP contribution in [0.3, 0.4) is 0 Å². The summed E-state index contributed by atoms with van der Waals surface area (Å²) in [6, 6.07) is 1.82. The minimum absolute atomic E-state index is 0.151. The molecule has 1 aromatic rings. The Morgan fingerprint density at radius 2 is 2.00 bits per heavy atom. The summed E-state index contributed by atoms with van der Waals surface area (Å²) in [6.45, 7) is 2.21. The van der Waals surface area contributed by atoms with Gasteiger partial charge in [-0.15, -0.1) is 0 Å². The van der Waals surface area contributed by atoms with E-state index in [4.69, 9.17) is 5.11 Å². The van der Waals surface area contributed by atoms with Gasteiger partial charge in [0.05, 0.1) is 6.10 Å². The van der Waals surface area contributed by atoms with Crippen LogP contribution in [0.1, 0.15) is 25.7 Å². The standard InChI is InChI=1S/C15H22N4O4/c20-11-2-1-7-19(10-11)12-3-6-16-14(17-12)18-8-4-15(23,5-9-18)13(21)22/h3,6,11,20,23H,1-2,4-5,7-10H2,(H,21,22). The van der Waals surface area contributed by atoms with Gasteiger partial charge < -0.3 is 25.1 Å². The molecule has 8 nitrogen and oxygen atoms in total. The van der Waals surface area contributed by atoms with E-state index >= 15 is 0 Å². The van der Waals surface area contributed by atoms with Crippen molar-refractivity contribution in [3.63, 3.8) is 0 Å². The summed E-state index contributed by atoms with van der Waals surface area (Å²) in [6.07, 6.45) is 3.39. The van der Waals surface area contributed by atoms with Crippen molar-refractivity contribution in [3.8, 4) is 0 Å². The van der Waals surface area contributed by atoms with Crippen LogP contribution in [-0.2, 0) is 4.79 Å². The zero-order valence-corrected chi connectivity index (χ0v) is 12.9. The fourth-order valence-electron chi connectivity index (χ4n) is 3.12. The third-order valence-corrected chi connectivity index (χ3v) is 4.62. The molecule has 126 valence electrons. The van der Waals surface area contributed by atoms with Crippen molar-refractivity contribution in [2.24, 2.45) is 0 Å². The van der Waals surface area contributed by atoms with Crippen LogP contribution in [0, 0.1) is 0 Å². The van der Waals surface area contributed by atoms with Crippen molar-refractivity contribution in [1.29, 1.82) is 0 Å². The SMILES string of the molecule is O=C(O)C1(O)CCN(c2nccc(N3CCCC(O)C3)n2)CC1. The minimum Gasteiger partial charge on any atom is -0.479 e.